The zero-order valence-electron chi connectivity index (χ0n) is 12.6. The second-order valence-corrected chi connectivity index (χ2v) is 9.64. The number of rotatable bonds is 6. The molecule has 0 aromatic carbocycles. The van der Waals surface area contributed by atoms with Crippen molar-refractivity contribution in [3.63, 3.8) is 0 Å². The van der Waals surface area contributed by atoms with Crippen LogP contribution in [-0.4, -0.2) is 61.1 Å². The number of nitrogens with zero attached hydrogens (tertiary/aromatic N) is 1. The van der Waals surface area contributed by atoms with Crippen LogP contribution < -0.4 is 5.32 Å². The standard InChI is InChI=1S/C13H28N2O2S2/c1-5-19(16,17)12-11-18-10-9-15(12)8-6-7-14-13(2,3)4/h12,14H,5-11H2,1-4H3. The molecule has 0 spiro atoms. The molecule has 1 fully saturated rings. The van der Waals surface area contributed by atoms with Crippen LogP contribution >= 0.6 is 11.8 Å². The highest BCUT2D eigenvalue weighted by Gasteiger charge is 2.32. The molecule has 19 heavy (non-hydrogen) atoms. The normalized spacial score (nSPS) is 22.6. The lowest BCUT2D eigenvalue weighted by atomic mass is 10.1. The first-order valence-electron chi connectivity index (χ1n) is 7.04. The van der Waals surface area contributed by atoms with Gasteiger partial charge in [-0.05, 0) is 33.7 Å². The Kier molecular flexibility index (Phi) is 6.63. The van der Waals surface area contributed by atoms with Crippen molar-refractivity contribution in [1.82, 2.24) is 10.2 Å². The van der Waals surface area contributed by atoms with Gasteiger partial charge in [0.15, 0.2) is 9.84 Å². The maximum absolute atomic E-state index is 12.1. The average Bonchev–Trinajstić information content (AvgIpc) is 2.34. The van der Waals surface area contributed by atoms with Crippen LogP contribution in [-0.2, 0) is 9.84 Å². The van der Waals surface area contributed by atoms with E-state index in [1.54, 1.807) is 18.7 Å². The Morgan fingerprint density at radius 1 is 1.37 bits per heavy atom. The van der Waals surface area contributed by atoms with Gasteiger partial charge in [0.25, 0.3) is 0 Å². The largest absolute Gasteiger partial charge is 0.312 e. The average molecular weight is 309 g/mol. The fourth-order valence-corrected chi connectivity index (χ4v) is 5.25. The van der Waals surface area contributed by atoms with Crippen LogP contribution in [0, 0.1) is 0 Å². The Morgan fingerprint density at radius 2 is 2.05 bits per heavy atom. The van der Waals surface area contributed by atoms with Crippen molar-refractivity contribution in [2.45, 2.75) is 45.0 Å². The molecule has 0 aromatic heterocycles. The van der Waals surface area contributed by atoms with E-state index in [4.69, 9.17) is 0 Å². The lowest BCUT2D eigenvalue weighted by Gasteiger charge is -2.34. The van der Waals surface area contributed by atoms with Crippen LogP contribution in [0.3, 0.4) is 0 Å². The van der Waals surface area contributed by atoms with Crippen LogP contribution in [0.15, 0.2) is 0 Å². The van der Waals surface area contributed by atoms with Crippen LogP contribution in [0.5, 0.6) is 0 Å². The summed E-state index contributed by atoms with van der Waals surface area (Å²) in [6, 6.07) is 0. The highest BCUT2D eigenvalue weighted by molar-refractivity contribution is 8.01. The van der Waals surface area contributed by atoms with E-state index in [1.165, 1.54) is 0 Å². The first-order valence-corrected chi connectivity index (χ1v) is 9.91. The monoisotopic (exact) mass is 308 g/mol. The predicted molar refractivity (Wildman–Crippen MR) is 84.5 cm³/mol. The third-order valence-electron chi connectivity index (χ3n) is 3.28. The molecular formula is C13H28N2O2S2. The van der Waals surface area contributed by atoms with Gasteiger partial charge in [-0.3, -0.25) is 4.90 Å². The van der Waals surface area contributed by atoms with E-state index in [-0.39, 0.29) is 16.7 Å². The summed E-state index contributed by atoms with van der Waals surface area (Å²) >= 11 is 1.76. The Morgan fingerprint density at radius 3 is 2.63 bits per heavy atom. The molecular weight excluding hydrogens is 280 g/mol. The van der Waals surface area contributed by atoms with Gasteiger partial charge in [0, 0.05) is 35.9 Å². The van der Waals surface area contributed by atoms with Gasteiger partial charge in [-0.1, -0.05) is 6.92 Å². The maximum atomic E-state index is 12.1. The molecule has 1 atom stereocenters. The molecule has 114 valence electrons. The van der Waals surface area contributed by atoms with Gasteiger partial charge in [0.05, 0.1) is 0 Å². The number of hydrogen-bond donors (Lipinski definition) is 1. The SMILES string of the molecule is CCS(=O)(=O)C1CSCCN1CCCNC(C)(C)C. The van der Waals surface area contributed by atoms with Crippen LogP contribution in [0.2, 0.25) is 0 Å². The van der Waals surface area contributed by atoms with Crippen molar-refractivity contribution >= 4 is 21.6 Å². The summed E-state index contributed by atoms with van der Waals surface area (Å²) in [6.45, 7) is 10.9. The van der Waals surface area contributed by atoms with Crippen molar-refractivity contribution in [3.8, 4) is 0 Å². The summed E-state index contributed by atoms with van der Waals surface area (Å²) in [5.41, 5.74) is 0.132. The summed E-state index contributed by atoms with van der Waals surface area (Å²) < 4.78 is 24.2. The summed E-state index contributed by atoms with van der Waals surface area (Å²) in [5, 5.41) is 3.18. The highest BCUT2D eigenvalue weighted by atomic mass is 32.2. The number of sulfone groups is 1. The maximum Gasteiger partial charge on any atom is 0.166 e. The van der Waals surface area contributed by atoms with Gasteiger partial charge in [-0.15, -0.1) is 0 Å². The van der Waals surface area contributed by atoms with E-state index >= 15 is 0 Å². The predicted octanol–water partition coefficient (Wildman–Crippen LogP) is 1.57. The molecule has 0 bridgehead atoms. The molecule has 1 rings (SSSR count). The molecule has 0 aromatic rings. The van der Waals surface area contributed by atoms with Crippen LogP contribution in [0.1, 0.15) is 34.1 Å². The molecule has 6 heteroatoms. The van der Waals surface area contributed by atoms with Crippen molar-refractivity contribution in [3.05, 3.63) is 0 Å². The summed E-state index contributed by atoms with van der Waals surface area (Å²) in [5.74, 6) is 2.01. The molecule has 1 aliphatic heterocycles. The van der Waals surface area contributed by atoms with Gasteiger partial charge in [0.1, 0.15) is 5.37 Å². The topological polar surface area (TPSA) is 49.4 Å². The number of nitrogens with one attached hydrogen (secondary N) is 1. The Labute approximate surface area is 122 Å². The van der Waals surface area contributed by atoms with Crippen molar-refractivity contribution in [2.24, 2.45) is 0 Å². The van der Waals surface area contributed by atoms with Crippen molar-refractivity contribution in [2.75, 3.05) is 36.9 Å². The molecule has 0 amide bonds. The minimum atomic E-state index is -2.95. The van der Waals surface area contributed by atoms with Gasteiger partial charge in [-0.25, -0.2) is 8.42 Å². The third-order valence-corrected chi connectivity index (χ3v) is 6.62. The first-order chi connectivity index (χ1) is 8.76. The van der Waals surface area contributed by atoms with E-state index in [1.807, 2.05) is 0 Å². The Hall–Kier alpha value is 0.220. The van der Waals surface area contributed by atoms with E-state index in [9.17, 15) is 8.42 Å². The number of thioether (sulfide) groups is 1. The van der Waals surface area contributed by atoms with E-state index in [0.717, 1.165) is 37.6 Å². The molecule has 0 aliphatic carbocycles. The van der Waals surface area contributed by atoms with E-state index in [2.05, 4.69) is 31.0 Å². The minimum absolute atomic E-state index is 0.132. The number of hydrogen-bond acceptors (Lipinski definition) is 5. The first kappa shape index (κ1) is 17.3. The van der Waals surface area contributed by atoms with Crippen molar-refractivity contribution < 1.29 is 8.42 Å². The lowest BCUT2D eigenvalue weighted by molar-refractivity contribution is 0.261. The molecule has 1 aliphatic rings. The fraction of sp³-hybridized carbons (Fsp3) is 1.00. The van der Waals surface area contributed by atoms with Gasteiger partial charge in [0.2, 0.25) is 0 Å². The smallest absolute Gasteiger partial charge is 0.166 e. The Balaban J connectivity index is 2.46. The van der Waals surface area contributed by atoms with Crippen LogP contribution in [0.25, 0.3) is 0 Å². The van der Waals surface area contributed by atoms with Crippen LogP contribution in [0.4, 0.5) is 0 Å². The molecule has 0 saturated carbocycles. The zero-order chi connectivity index (χ0) is 14.5. The van der Waals surface area contributed by atoms with Gasteiger partial charge < -0.3 is 5.32 Å². The second-order valence-electron chi connectivity index (χ2n) is 6.05. The second kappa shape index (κ2) is 7.29. The molecule has 1 N–H and O–H groups in total. The van der Waals surface area contributed by atoms with Gasteiger partial charge >= 0.3 is 0 Å². The summed E-state index contributed by atoms with van der Waals surface area (Å²) in [7, 11) is -2.95. The lowest BCUT2D eigenvalue weighted by Crippen LogP contribution is -2.48. The van der Waals surface area contributed by atoms with E-state index in [0.29, 0.717) is 0 Å². The molecule has 1 heterocycles. The quantitative estimate of drug-likeness (QED) is 0.755. The fourth-order valence-electron chi connectivity index (χ4n) is 2.14. The van der Waals surface area contributed by atoms with Gasteiger partial charge in [-0.2, -0.15) is 11.8 Å². The molecule has 1 saturated heterocycles. The molecule has 0 radical (unpaired) electrons. The summed E-state index contributed by atoms with van der Waals surface area (Å²) in [4.78, 5) is 2.15. The summed E-state index contributed by atoms with van der Waals surface area (Å²) in [6.07, 6.45) is 0.998. The minimum Gasteiger partial charge on any atom is -0.312 e. The Bertz CT molecular complexity index is 363. The molecule has 4 nitrogen and oxygen atoms in total. The molecule has 1 unspecified atom stereocenters. The zero-order valence-corrected chi connectivity index (χ0v) is 14.2. The third kappa shape index (κ3) is 6.02. The van der Waals surface area contributed by atoms with Crippen molar-refractivity contribution in [1.29, 1.82) is 0 Å². The van der Waals surface area contributed by atoms with E-state index < -0.39 is 9.84 Å². The highest BCUT2D eigenvalue weighted by Crippen LogP contribution is 2.21.